The van der Waals surface area contributed by atoms with Gasteiger partial charge in [-0.05, 0) is 6.42 Å². The molecule has 1 saturated heterocycles. The van der Waals surface area contributed by atoms with Crippen LogP contribution >= 0.6 is 0 Å². The third-order valence-electron chi connectivity index (χ3n) is 3.31. The highest BCUT2D eigenvalue weighted by molar-refractivity contribution is 5.80. The van der Waals surface area contributed by atoms with Crippen LogP contribution in [-0.4, -0.2) is 28.8 Å². The maximum atomic E-state index is 11.3. The fourth-order valence-corrected chi connectivity index (χ4v) is 2.09. The van der Waals surface area contributed by atoms with E-state index in [2.05, 4.69) is 41.7 Å². The topological polar surface area (TPSA) is 46.1 Å². The molecule has 1 aromatic rings. The first-order chi connectivity index (χ1) is 8.60. The predicted octanol–water partition coefficient (Wildman–Crippen LogP) is 2.33. The number of carbonyl (C=O) groups is 1. The monoisotopic (exact) mass is 247 g/mol. The fourth-order valence-electron chi connectivity index (χ4n) is 2.09. The van der Waals surface area contributed by atoms with Crippen LogP contribution in [0.3, 0.4) is 0 Å². The third kappa shape index (κ3) is 2.86. The minimum atomic E-state index is 0.335. The zero-order chi connectivity index (χ0) is 13.1. The van der Waals surface area contributed by atoms with Gasteiger partial charge in [-0.3, -0.25) is 4.79 Å². The van der Waals surface area contributed by atoms with E-state index in [1.807, 2.05) is 0 Å². The lowest BCUT2D eigenvalue weighted by molar-refractivity contribution is -0.119. The molecule has 0 aromatic carbocycles. The van der Waals surface area contributed by atoms with Gasteiger partial charge >= 0.3 is 0 Å². The van der Waals surface area contributed by atoms with Crippen molar-refractivity contribution in [2.45, 2.75) is 46.0 Å². The Kier molecular flexibility index (Phi) is 3.94. The Balaban J connectivity index is 2.26. The number of aryl methyl sites for hydroxylation is 1. The highest BCUT2D eigenvalue weighted by atomic mass is 16.1. The molecule has 1 aliphatic heterocycles. The molecule has 0 N–H and O–H groups in total. The van der Waals surface area contributed by atoms with Crippen LogP contribution in [0, 0.1) is 0 Å². The molecule has 0 radical (unpaired) electrons. The van der Waals surface area contributed by atoms with Crippen molar-refractivity contribution >= 4 is 11.6 Å². The number of aromatic nitrogens is 2. The minimum absolute atomic E-state index is 0.335. The van der Waals surface area contributed by atoms with E-state index in [1.54, 1.807) is 0 Å². The summed E-state index contributed by atoms with van der Waals surface area (Å²) >= 11 is 0. The molecule has 0 unspecified atom stereocenters. The molecule has 1 aliphatic rings. The number of rotatable bonds is 3. The van der Waals surface area contributed by atoms with Crippen molar-refractivity contribution in [1.82, 2.24) is 9.97 Å². The number of hydrogen-bond donors (Lipinski definition) is 0. The lowest BCUT2D eigenvalue weighted by Gasteiger charge is -2.27. The Bertz CT molecular complexity index is 433. The molecule has 4 nitrogen and oxygen atoms in total. The highest BCUT2D eigenvalue weighted by Gasteiger charge is 2.19. The van der Waals surface area contributed by atoms with E-state index >= 15 is 0 Å². The zero-order valence-electron chi connectivity index (χ0n) is 11.4. The van der Waals surface area contributed by atoms with E-state index in [4.69, 9.17) is 0 Å². The third-order valence-corrected chi connectivity index (χ3v) is 3.31. The average molecular weight is 247 g/mol. The molecule has 18 heavy (non-hydrogen) atoms. The van der Waals surface area contributed by atoms with E-state index in [-0.39, 0.29) is 0 Å². The molecule has 1 aromatic heterocycles. The summed E-state index contributed by atoms with van der Waals surface area (Å²) in [7, 11) is 0. The van der Waals surface area contributed by atoms with Gasteiger partial charge in [0.2, 0.25) is 0 Å². The second-order valence-corrected chi connectivity index (χ2v) is 5.11. The van der Waals surface area contributed by atoms with Gasteiger partial charge in [-0.15, -0.1) is 0 Å². The number of hydrogen-bond acceptors (Lipinski definition) is 4. The predicted molar refractivity (Wildman–Crippen MR) is 72.0 cm³/mol. The first kappa shape index (κ1) is 13.0. The van der Waals surface area contributed by atoms with E-state index in [0.29, 0.717) is 24.5 Å². The van der Waals surface area contributed by atoms with Gasteiger partial charge in [0.05, 0.1) is 0 Å². The lowest BCUT2D eigenvalue weighted by Crippen LogP contribution is -2.34. The second kappa shape index (κ2) is 5.46. The van der Waals surface area contributed by atoms with Crippen LogP contribution in [0.1, 0.15) is 51.0 Å². The molecule has 1 fully saturated rings. The van der Waals surface area contributed by atoms with Crippen molar-refractivity contribution < 1.29 is 4.79 Å². The lowest BCUT2D eigenvalue weighted by atomic mass is 10.1. The standard InChI is InChI=1S/C14H21N3O/c1-4-11-9-13(16-14(15-11)10(2)3)17-7-5-12(18)6-8-17/h9-10H,4-8H2,1-3H3. The average Bonchev–Trinajstić information content (AvgIpc) is 2.39. The molecule has 2 rings (SSSR count). The van der Waals surface area contributed by atoms with Crippen LogP contribution in [-0.2, 0) is 11.2 Å². The van der Waals surface area contributed by atoms with E-state index in [9.17, 15) is 4.79 Å². The van der Waals surface area contributed by atoms with Gasteiger partial charge in [-0.2, -0.15) is 0 Å². The van der Waals surface area contributed by atoms with Crippen LogP contribution in [0.2, 0.25) is 0 Å². The first-order valence-corrected chi connectivity index (χ1v) is 6.74. The molecule has 0 spiro atoms. The smallest absolute Gasteiger partial charge is 0.136 e. The van der Waals surface area contributed by atoms with Gasteiger partial charge in [0.15, 0.2) is 0 Å². The normalized spacial score (nSPS) is 16.4. The molecule has 2 heterocycles. The summed E-state index contributed by atoms with van der Waals surface area (Å²) in [5.74, 6) is 2.58. The fraction of sp³-hybridized carbons (Fsp3) is 0.643. The molecule has 0 atom stereocenters. The molecule has 98 valence electrons. The van der Waals surface area contributed by atoms with Crippen LogP contribution < -0.4 is 4.90 Å². The molecule has 0 amide bonds. The summed E-state index contributed by atoms with van der Waals surface area (Å²) in [4.78, 5) is 22.7. The molecular formula is C14H21N3O. The van der Waals surface area contributed by atoms with Gasteiger partial charge < -0.3 is 4.90 Å². The van der Waals surface area contributed by atoms with Gasteiger partial charge in [-0.25, -0.2) is 9.97 Å². The second-order valence-electron chi connectivity index (χ2n) is 5.11. The summed E-state index contributed by atoms with van der Waals surface area (Å²) in [6.07, 6.45) is 2.20. The van der Waals surface area contributed by atoms with Crippen LogP contribution in [0.15, 0.2) is 6.07 Å². The zero-order valence-corrected chi connectivity index (χ0v) is 11.4. The van der Waals surface area contributed by atoms with E-state index in [0.717, 1.165) is 36.8 Å². The Hall–Kier alpha value is -1.45. The number of piperidine rings is 1. The van der Waals surface area contributed by atoms with Crippen molar-refractivity contribution in [3.8, 4) is 0 Å². The van der Waals surface area contributed by atoms with Crippen molar-refractivity contribution in [3.05, 3.63) is 17.6 Å². The first-order valence-electron chi connectivity index (χ1n) is 6.74. The molecule has 0 bridgehead atoms. The van der Waals surface area contributed by atoms with Crippen LogP contribution in [0.4, 0.5) is 5.82 Å². The number of Topliss-reactive ketones (excluding diaryl/α,β-unsaturated/α-hetero) is 1. The van der Waals surface area contributed by atoms with Crippen molar-refractivity contribution in [2.24, 2.45) is 0 Å². The molecular weight excluding hydrogens is 226 g/mol. The maximum absolute atomic E-state index is 11.3. The number of ketones is 1. The Morgan fingerprint density at radius 2 is 1.94 bits per heavy atom. The Morgan fingerprint density at radius 1 is 1.28 bits per heavy atom. The summed E-state index contributed by atoms with van der Waals surface area (Å²) in [5, 5.41) is 0. The number of anilines is 1. The van der Waals surface area contributed by atoms with Crippen LogP contribution in [0.5, 0.6) is 0 Å². The van der Waals surface area contributed by atoms with Gasteiger partial charge in [0.1, 0.15) is 17.4 Å². The van der Waals surface area contributed by atoms with Crippen molar-refractivity contribution in [2.75, 3.05) is 18.0 Å². The summed E-state index contributed by atoms with van der Waals surface area (Å²) in [6, 6.07) is 2.06. The number of nitrogens with zero attached hydrogens (tertiary/aromatic N) is 3. The number of carbonyl (C=O) groups excluding carboxylic acids is 1. The molecule has 0 saturated carbocycles. The quantitative estimate of drug-likeness (QED) is 0.822. The minimum Gasteiger partial charge on any atom is -0.356 e. The molecule has 4 heteroatoms. The van der Waals surface area contributed by atoms with E-state index < -0.39 is 0 Å². The van der Waals surface area contributed by atoms with E-state index in [1.165, 1.54) is 0 Å². The SMILES string of the molecule is CCc1cc(N2CCC(=O)CC2)nc(C(C)C)n1. The maximum Gasteiger partial charge on any atom is 0.136 e. The summed E-state index contributed by atoms with van der Waals surface area (Å²) < 4.78 is 0. The Morgan fingerprint density at radius 3 is 2.50 bits per heavy atom. The summed E-state index contributed by atoms with van der Waals surface area (Å²) in [5.41, 5.74) is 1.08. The van der Waals surface area contributed by atoms with Gasteiger partial charge in [-0.1, -0.05) is 20.8 Å². The van der Waals surface area contributed by atoms with Gasteiger partial charge in [0.25, 0.3) is 0 Å². The van der Waals surface area contributed by atoms with Crippen molar-refractivity contribution in [1.29, 1.82) is 0 Å². The largest absolute Gasteiger partial charge is 0.356 e. The highest BCUT2D eigenvalue weighted by Crippen LogP contribution is 2.20. The van der Waals surface area contributed by atoms with Crippen LogP contribution in [0.25, 0.3) is 0 Å². The van der Waals surface area contributed by atoms with Gasteiger partial charge in [0, 0.05) is 43.6 Å². The molecule has 0 aliphatic carbocycles. The van der Waals surface area contributed by atoms with Crippen molar-refractivity contribution in [3.63, 3.8) is 0 Å². The Labute approximate surface area is 108 Å². The summed E-state index contributed by atoms with van der Waals surface area (Å²) in [6.45, 7) is 7.90.